The van der Waals surface area contributed by atoms with Crippen molar-refractivity contribution in [2.24, 2.45) is 0 Å². The summed E-state index contributed by atoms with van der Waals surface area (Å²) in [5, 5.41) is 10.7. The van der Waals surface area contributed by atoms with Crippen molar-refractivity contribution in [2.45, 2.75) is 320 Å². The Morgan fingerprint density at radius 1 is 0.252 bits per heavy atom. The molecule has 0 saturated heterocycles. The van der Waals surface area contributed by atoms with Gasteiger partial charge in [0.2, 0.25) is 0 Å². The molecule has 1 aromatic heterocycles. The van der Waals surface area contributed by atoms with Crippen molar-refractivity contribution in [3.05, 3.63) is 285 Å². The van der Waals surface area contributed by atoms with E-state index in [0.29, 0.717) is 18.2 Å². The second kappa shape index (κ2) is 48.7. The largest absolute Gasteiger partial charge is 0.334 e. The highest BCUT2D eigenvalue weighted by molar-refractivity contribution is 7.80. The van der Waals surface area contributed by atoms with Crippen molar-refractivity contribution in [3.63, 3.8) is 0 Å². The lowest BCUT2D eigenvalue weighted by molar-refractivity contribution is 0.00193. The summed E-state index contributed by atoms with van der Waals surface area (Å²) in [6.45, 7) is 32.3. The van der Waals surface area contributed by atoms with Crippen molar-refractivity contribution in [2.75, 3.05) is 0 Å². The van der Waals surface area contributed by atoms with Crippen LogP contribution in [-0.4, -0.2) is 60.4 Å². The Bertz CT molecular complexity index is 3940. The highest BCUT2D eigenvalue weighted by atomic mass is 31.2. The number of hydrogen-bond acceptors (Lipinski definition) is 4. The van der Waals surface area contributed by atoms with Gasteiger partial charge in [-0.1, -0.05) is 429 Å². The lowest BCUT2D eigenvalue weighted by Gasteiger charge is -2.44. The molecular weight excluding hydrogens is 1560 g/mol. The number of hydrogen-bond donors (Lipinski definition) is 0. The second-order valence-electron chi connectivity index (χ2n) is 38.1. The molecule has 0 aliphatic heterocycles. The summed E-state index contributed by atoms with van der Waals surface area (Å²) in [5.41, 5.74) is 11.5. The second-order valence-corrected chi connectivity index (χ2v) is 53.2. The molecule has 0 amide bonds. The Labute approximate surface area is 731 Å². The topological polar surface area (TPSA) is 40.6 Å². The minimum Gasteiger partial charge on any atom is -0.306 e. The molecule has 0 atom stereocenters. The molecule has 0 N–H and O–H groups in total. The first-order chi connectivity index (χ1) is 57.3. The quantitative estimate of drug-likeness (QED) is 0.0803. The van der Waals surface area contributed by atoms with Gasteiger partial charge >= 0.3 is 8.60 Å². The molecule has 15 rings (SSSR count). The van der Waals surface area contributed by atoms with Crippen molar-refractivity contribution in [1.29, 1.82) is 0 Å². The molecule has 5 saturated carbocycles. The van der Waals surface area contributed by atoms with Gasteiger partial charge in [0.05, 0.1) is 22.2 Å². The lowest BCUT2D eigenvalue weighted by atomic mass is 9.99. The standard InChI is InChI=1S/C24H31P.C20H27P.C18H33P.C18H15P.C17H14NP.C12H27O3P/c1-4-12-20(13-5-1)23-18-10-11-19-24(23)25(21-14-6-2-7-15-21)22-16-8-3-9-17-22;1-19(2,3)21(20(4,5)6)18-15-11-10-14-17(18)16-12-8-7-9-13-16;2*1-4-10-16(11-5-1)19(17-12-6-2-7-13-17)18-14-8-3-9-15-18;1-3-9-15(10-4-1)19(16-11-5-2-6-12-16)17-13-7-8-14-18-17;1-10(2,3)13-16(14-11(4,5)6)15-12(7,8)9/h1,4-5,10-13,18-19,21-22H,2-3,6-9,14-17H2;7-15H,1-6H3;16-18H,1-15H2;1-15H;1-14H;1-9H3. The predicted molar refractivity (Wildman–Crippen MR) is 535 cm³/mol. The molecule has 0 bridgehead atoms. The van der Waals surface area contributed by atoms with Crippen molar-refractivity contribution < 1.29 is 13.6 Å². The average molecular weight is 1710 g/mol. The molecule has 9 aromatic carbocycles. The van der Waals surface area contributed by atoms with Crippen LogP contribution in [-0.2, 0) is 13.6 Å². The highest BCUT2D eigenvalue weighted by Gasteiger charge is 2.40. The van der Waals surface area contributed by atoms with E-state index < -0.39 is 24.4 Å². The smallest absolute Gasteiger partial charge is 0.306 e. The van der Waals surface area contributed by atoms with E-state index in [-0.39, 0.29) is 32.6 Å². The van der Waals surface area contributed by atoms with Crippen molar-refractivity contribution >= 4 is 90.8 Å². The summed E-state index contributed by atoms with van der Waals surface area (Å²) < 4.78 is 17.4. The molecular formula is C109H147NO3P6. The van der Waals surface area contributed by atoms with Gasteiger partial charge in [-0.3, -0.25) is 4.98 Å². The Kier molecular flexibility index (Phi) is 39.2. The van der Waals surface area contributed by atoms with E-state index in [1.807, 2.05) is 74.6 Å². The first-order valence-corrected chi connectivity index (χ1v) is 53.7. The van der Waals surface area contributed by atoms with Gasteiger partial charge in [0, 0.05) is 14.1 Å². The summed E-state index contributed by atoms with van der Waals surface area (Å²) in [7, 11) is -2.26. The minimum atomic E-state index is -1.32. The van der Waals surface area contributed by atoms with Gasteiger partial charge in [0.1, 0.15) is 0 Å². The zero-order valence-electron chi connectivity index (χ0n) is 75.6. The van der Waals surface area contributed by atoms with Gasteiger partial charge in [-0.15, -0.1) is 0 Å². The van der Waals surface area contributed by atoms with Gasteiger partial charge in [0.25, 0.3) is 0 Å². The molecule has 119 heavy (non-hydrogen) atoms. The number of benzene rings is 9. The van der Waals surface area contributed by atoms with E-state index >= 15 is 0 Å². The summed E-state index contributed by atoms with van der Waals surface area (Å²) >= 11 is 0. The fourth-order valence-corrected chi connectivity index (χ4v) is 36.9. The first-order valence-electron chi connectivity index (χ1n) is 45.6. The third-order valence-corrected chi connectivity index (χ3v) is 40.8. The van der Waals surface area contributed by atoms with Gasteiger partial charge < -0.3 is 13.6 Å². The minimum absolute atomic E-state index is 0.0365. The van der Waals surface area contributed by atoms with Crippen LogP contribution in [0.25, 0.3) is 22.3 Å². The fraction of sp³-hybridized carbons (Fsp3) is 0.459. The fourth-order valence-electron chi connectivity index (χ4n) is 18.2. The van der Waals surface area contributed by atoms with E-state index in [2.05, 4.69) is 320 Å². The first kappa shape index (κ1) is 95.8. The van der Waals surface area contributed by atoms with Crippen LogP contribution in [0.3, 0.4) is 0 Å². The van der Waals surface area contributed by atoms with Crippen LogP contribution in [0.2, 0.25) is 0 Å². The van der Waals surface area contributed by atoms with Crippen molar-refractivity contribution in [3.8, 4) is 22.3 Å². The van der Waals surface area contributed by atoms with E-state index in [1.165, 1.54) is 155 Å². The molecule has 5 aliphatic carbocycles. The third-order valence-electron chi connectivity index (χ3n) is 22.8. The zero-order chi connectivity index (χ0) is 84.5. The van der Waals surface area contributed by atoms with E-state index in [0.717, 1.165) is 16.8 Å². The summed E-state index contributed by atoms with van der Waals surface area (Å²) in [6, 6.07) is 100.0. The molecule has 636 valence electrons. The van der Waals surface area contributed by atoms with Gasteiger partial charge in [-0.2, -0.15) is 0 Å². The molecule has 0 radical (unpaired) electrons. The molecule has 10 heteroatoms. The number of pyridine rings is 1. The van der Waals surface area contributed by atoms with E-state index in [9.17, 15) is 0 Å². The molecule has 10 aromatic rings. The van der Waals surface area contributed by atoms with Crippen LogP contribution in [0.1, 0.15) is 264 Å². The van der Waals surface area contributed by atoms with Crippen LogP contribution in [0.4, 0.5) is 0 Å². The molecule has 0 unspecified atom stereocenters. The summed E-state index contributed by atoms with van der Waals surface area (Å²) in [5.74, 6) is 0. The van der Waals surface area contributed by atoms with Crippen molar-refractivity contribution in [1.82, 2.24) is 4.98 Å². The van der Waals surface area contributed by atoms with E-state index in [1.54, 1.807) is 82.4 Å². The number of aromatic nitrogens is 1. The number of rotatable bonds is 18. The maximum absolute atomic E-state index is 5.81. The Morgan fingerprint density at radius 2 is 0.504 bits per heavy atom. The van der Waals surface area contributed by atoms with Crippen LogP contribution < -0.4 is 42.6 Å². The molecule has 5 aliphatic rings. The highest BCUT2D eigenvalue weighted by Crippen LogP contribution is 2.63. The predicted octanol–water partition coefficient (Wildman–Crippen LogP) is 30.6. The lowest BCUT2D eigenvalue weighted by Crippen LogP contribution is -2.31. The summed E-state index contributed by atoms with van der Waals surface area (Å²) in [6.07, 6.45) is 40.2. The molecule has 0 spiro atoms. The summed E-state index contributed by atoms with van der Waals surface area (Å²) in [4.78, 5) is 4.56. The van der Waals surface area contributed by atoms with Gasteiger partial charge in [-0.05, 0) is 245 Å². The van der Waals surface area contributed by atoms with Crippen LogP contribution >= 0.6 is 48.2 Å². The Morgan fingerprint density at radius 3 is 0.790 bits per heavy atom. The molecule has 1 heterocycles. The Balaban J connectivity index is 0.000000151. The van der Waals surface area contributed by atoms with Crippen LogP contribution in [0.5, 0.6) is 0 Å². The third kappa shape index (κ3) is 32.0. The van der Waals surface area contributed by atoms with Crippen LogP contribution in [0, 0.1) is 0 Å². The molecule has 4 nitrogen and oxygen atoms in total. The SMILES string of the molecule is C1CCC(P(C2CCCCC2)C2CCCCC2)CC1.CC(C)(C)OP(OC(C)(C)C)OC(C)(C)C.CC(C)(C)P(c1ccccc1-c1ccccc1)C(C)(C)C.c1ccc(-c2ccccc2P(C2CCCCC2)C2CCCCC2)cc1.c1ccc(P(c2ccccc2)c2ccccc2)cc1.c1ccc(P(c2ccccc2)c2ccccn2)cc1. The Hall–Kier alpha value is -5.41. The monoisotopic (exact) mass is 1700 g/mol. The average Bonchev–Trinajstić information content (AvgIpc) is 0.782. The molecule has 5 fully saturated rings. The van der Waals surface area contributed by atoms with E-state index in [4.69, 9.17) is 13.6 Å². The zero-order valence-corrected chi connectivity index (χ0v) is 80.9. The normalized spacial score (nSPS) is 16.4. The maximum atomic E-state index is 5.81. The maximum Gasteiger partial charge on any atom is 0.334 e. The van der Waals surface area contributed by atoms with Crippen LogP contribution in [0.15, 0.2) is 285 Å². The van der Waals surface area contributed by atoms with Gasteiger partial charge in [0.15, 0.2) is 0 Å². The number of nitrogens with zero attached hydrogens (tertiary/aromatic N) is 1. The van der Waals surface area contributed by atoms with Gasteiger partial charge in [-0.25, -0.2) is 0 Å².